The van der Waals surface area contributed by atoms with Gasteiger partial charge in [-0.05, 0) is 93.9 Å². The number of hydrogen-bond acceptors (Lipinski definition) is 3. The summed E-state index contributed by atoms with van der Waals surface area (Å²) in [6, 6.07) is 17.3. The van der Waals surface area contributed by atoms with Gasteiger partial charge in [0.1, 0.15) is 5.75 Å². The highest BCUT2D eigenvalue weighted by Gasteiger charge is 2.42. The smallest absolute Gasteiger partial charge is 0.174 e. The van der Waals surface area contributed by atoms with Crippen molar-refractivity contribution in [2.75, 3.05) is 11.5 Å². The molecule has 3 heterocycles. The number of pyridine rings is 1. The second-order valence-corrected chi connectivity index (χ2v) is 9.44. The Hall–Kier alpha value is -2.86. The third kappa shape index (κ3) is 4.01. The Balaban J connectivity index is 1.60. The molecule has 0 bridgehead atoms. The van der Waals surface area contributed by atoms with Crippen LogP contribution < -0.4 is 15.0 Å². The van der Waals surface area contributed by atoms with Gasteiger partial charge in [-0.25, -0.2) is 0 Å². The zero-order valence-electron chi connectivity index (χ0n) is 19.6. The molecule has 33 heavy (non-hydrogen) atoms. The number of anilines is 1. The fourth-order valence-corrected chi connectivity index (χ4v) is 5.99. The van der Waals surface area contributed by atoms with Gasteiger partial charge >= 0.3 is 0 Å². The molecule has 0 amide bonds. The van der Waals surface area contributed by atoms with Gasteiger partial charge in [0.25, 0.3) is 0 Å². The van der Waals surface area contributed by atoms with Crippen LogP contribution >= 0.6 is 12.2 Å². The molecule has 2 unspecified atom stereocenters. The van der Waals surface area contributed by atoms with Gasteiger partial charge in [0.15, 0.2) is 5.11 Å². The number of benzene rings is 1. The Morgan fingerprint density at radius 1 is 1.09 bits per heavy atom. The third-order valence-electron chi connectivity index (χ3n) is 7.06. The molecule has 2 aromatic heterocycles. The molecule has 0 radical (unpaired) electrons. The van der Waals surface area contributed by atoms with Crippen LogP contribution in [0.25, 0.3) is 0 Å². The van der Waals surface area contributed by atoms with E-state index in [0.29, 0.717) is 12.6 Å². The molecule has 1 N–H and O–H groups in total. The van der Waals surface area contributed by atoms with Gasteiger partial charge in [-0.1, -0.05) is 18.9 Å². The summed E-state index contributed by atoms with van der Waals surface area (Å²) in [7, 11) is 0. The normalized spacial score (nSPS) is 20.9. The van der Waals surface area contributed by atoms with Crippen molar-refractivity contribution in [1.82, 2.24) is 14.9 Å². The molecule has 5 nitrogen and oxygen atoms in total. The highest BCUT2D eigenvalue weighted by molar-refractivity contribution is 7.80. The summed E-state index contributed by atoms with van der Waals surface area (Å²) in [4.78, 5) is 6.95. The maximum absolute atomic E-state index is 5.90. The molecule has 0 spiro atoms. The van der Waals surface area contributed by atoms with Gasteiger partial charge in [-0.3, -0.25) is 4.98 Å². The fraction of sp³-hybridized carbons (Fsp3) is 0.407. The SMILES string of the molecule is CCOc1ccc(N2C(=S)NC(c3ccccn3)C2c2cc(C)n(C3CCCC3)c2C)cc1. The summed E-state index contributed by atoms with van der Waals surface area (Å²) in [6.07, 6.45) is 7.03. The molecule has 3 aromatic rings. The molecule has 1 saturated carbocycles. The molecule has 1 aromatic carbocycles. The van der Waals surface area contributed by atoms with Crippen LogP contribution in [-0.2, 0) is 0 Å². The topological polar surface area (TPSA) is 42.3 Å². The summed E-state index contributed by atoms with van der Waals surface area (Å²) in [5.41, 5.74) is 6.05. The summed E-state index contributed by atoms with van der Waals surface area (Å²) >= 11 is 5.90. The van der Waals surface area contributed by atoms with Crippen molar-refractivity contribution in [3.05, 3.63) is 77.4 Å². The number of thiocarbonyl (C=S) groups is 1. The number of aromatic nitrogens is 2. The Labute approximate surface area is 201 Å². The van der Waals surface area contributed by atoms with E-state index >= 15 is 0 Å². The van der Waals surface area contributed by atoms with Crippen LogP contribution in [0.4, 0.5) is 5.69 Å². The van der Waals surface area contributed by atoms with E-state index in [4.69, 9.17) is 21.9 Å². The molecule has 1 aliphatic carbocycles. The van der Waals surface area contributed by atoms with E-state index in [1.54, 1.807) is 0 Å². The predicted octanol–water partition coefficient (Wildman–Crippen LogP) is 6.19. The Morgan fingerprint density at radius 2 is 1.85 bits per heavy atom. The van der Waals surface area contributed by atoms with Gasteiger partial charge in [-0.2, -0.15) is 0 Å². The first-order valence-electron chi connectivity index (χ1n) is 12.0. The van der Waals surface area contributed by atoms with Crippen LogP contribution in [0.1, 0.15) is 73.4 Å². The molecule has 5 rings (SSSR count). The minimum absolute atomic E-state index is 0.0201. The molecule has 1 aliphatic heterocycles. The standard InChI is InChI=1S/C27H32N4OS/c1-4-32-22-14-12-21(13-15-22)31-26(25(29-27(31)33)24-11-7-8-16-28-24)23-17-18(2)30(19(23)3)20-9-5-6-10-20/h7-8,11-17,20,25-26H,4-6,9-10H2,1-3H3,(H,29,33). The molecule has 1 saturated heterocycles. The van der Waals surface area contributed by atoms with Gasteiger partial charge in [0.05, 0.1) is 24.4 Å². The molecule has 2 aliphatic rings. The fourth-order valence-electron chi connectivity index (χ4n) is 5.65. The van der Waals surface area contributed by atoms with Crippen molar-refractivity contribution < 1.29 is 4.74 Å². The third-order valence-corrected chi connectivity index (χ3v) is 7.37. The highest BCUT2D eigenvalue weighted by atomic mass is 32.1. The maximum atomic E-state index is 5.90. The van der Waals surface area contributed by atoms with Crippen molar-refractivity contribution in [1.29, 1.82) is 0 Å². The van der Waals surface area contributed by atoms with Crippen LogP contribution in [0.5, 0.6) is 5.75 Å². The molecular weight excluding hydrogens is 428 g/mol. The van der Waals surface area contributed by atoms with E-state index in [-0.39, 0.29) is 12.1 Å². The van der Waals surface area contributed by atoms with Crippen molar-refractivity contribution in [2.45, 2.75) is 64.6 Å². The minimum Gasteiger partial charge on any atom is -0.494 e. The monoisotopic (exact) mass is 460 g/mol. The number of ether oxygens (including phenoxy) is 1. The molecule has 6 heteroatoms. The average Bonchev–Trinajstić information content (AvgIpc) is 3.53. The van der Waals surface area contributed by atoms with Gasteiger partial charge in [-0.15, -0.1) is 0 Å². The average molecular weight is 461 g/mol. The van der Waals surface area contributed by atoms with Gasteiger partial charge < -0.3 is 19.5 Å². The zero-order chi connectivity index (χ0) is 22.9. The lowest BCUT2D eigenvalue weighted by molar-refractivity contribution is 0.340. The van der Waals surface area contributed by atoms with Crippen LogP contribution in [-0.4, -0.2) is 21.3 Å². The molecule has 2 atom stereocenters. The zero-order valence-corrected chi connectivity index (χ0v) is 20.4. The summed E-state index contributed by atoms with van der Waals surface area (Å²) < 4.78 is 8.23. The Morgan fingerprint density at radius 3 is 2.52 bits per heavy atom. The first-order chi connectivity index (χ1) is 16.1. The number of rotatable bonds is 6. The largest absolute Gasteiger partial charge is 0.494 e. The van der Waals surface area contributed by atoms with Crippen LogP contribution in [0.15, 0.2) is 54.7 Å². The molecule has 2 fully saturated rings. The number of hydrogen-bond donors (Lipinski definition) is 1. The van der Waals surface area contributed by atoms with E-state index < -0.39 is 0 Å². The van der Waals surface area contributed by atoms with E-state index in [2.05, 4.69) is 52.9 Å². The van der Waals surface area contributed by atoms with E-state index in [1.165, 1.54) is 42.6 Å². The maximum Gasteiger partial charge on any atom is 0.174 e. The second kappa shape index (κ2) is 9.18. The van der Waals surface area contributed by atoms with Crippen LogP contribution in [0, 0.1) is 13.8 Å². The predicted molar refractivity (Wildman–Crippen MR) is 137 cm³/mol. The molecular formula is C27H32N4OS. The van der Waals surface area contributed by atoms with Gasteiger partial charge in [0.2, 0.25) is 0 Å². The lowest BCUT2D eigenvalue weighted by atomic mass is 9.96. The second-order valence-electron chi connectivity index (χ2n) is 9.06. The van der Waals surface area contributed by atoms with Crippen LogP contribution in [0.3, 0.4) is 0 Å². The Bertz CT molecular complexity index is 1120. The van der Waals surface area contributed by atoms with Gasteiger partial charge in [0, 0.05) is 29.3 Å². The van der Waals surface area contributed by atoms with E-state index in [1.807, 2.05) is 37.4 Å². The summed E-state index contributed by atoms with van der Waals surface area (Å²) in [6.45, 7) is 7.17. The number of nitrogens with one attached hydrogen (secondary N) is 1. The summed E-state index contributed by atoms with van der Waals surface area (Å²) in [5.74, 6) is 0.872. The quantitative estimate of drug-likeness (QED) is 0.444. The Kier molecular flexibility index (Phi) is 6.11. The van der Waals surface area contributed by atoms with Crippen molar-refractivity contribution in [3.8, 4) is 5.75 Å². The number of aryl methyl sites for hydroxylation is 1. The minimum atomic E-state index is -0.0252. The van der Waals surface area contributed by atoms with Crippen molar-refractivity contribution in [2.24, 2.45) is 0 Å². The highest BCUT2D eigenvalue weighted by Crippen LogP contribution is 2.45. The van der Waals surface area contributed by atoms with E-state index in [9.17, 15) is 0 Å². The lowest BCUT2D eigenvalue weighted by Crippen LogP contribution is -2.29. The molecule has 172 valence electrons. The van der Waals surface area contributed by atoms with Crippen molar-refractivity contribution in [3.63, 3.8) is 0 Å². The first-order valence-corrected chi connectivity index (χ1v) is 12.4. The first kappa shape index (κ1) is 22.0. The lowest BCUT2D eigenvalue weighted by Gasteiger charge is -2.28. The van der Waals surface area contributed by atoms with Crippen LogP contribution in [0.2, 0.25) is 0 Å². The van der Waals surface area contributed by atoms with Crippen molar-refractivity contribution >= 4 is 23.0 Å². The summed E-state index contributed by atoms with van der Waals surface area (Å²) in [5, 5.41) is 4.31. The number of nitrogens with zero attached hydrogens (tertiary/aromatic N) is 3. The van der Waals surface area contributed by atoms with E-state index in [0.717, 1.165) is 22.2 Å².